The second-order valence-corrected chi connectivity index (χ2v) is 6.97. The number of benzene rings is 1. The van der Waals surface area contributed by atoms with Gasteiger partial charge in [-0.25, -0.2) is 0 Å². The number of carbonyl (C=O) groups excluding carboxylic acids is 1. The van der Waals surface area contributed by atoms with Crippen LogP contribution in [-0.4, -0.2) is 12.5 Å². The van der Waals surface area contributed by atoms with Gasteiger partial charge in [-0.15, -0.1) is 11.3 Å². The minimum atomic E-state index is 0.108. The van der Waals surface area contributed by atoms with Crippen LogP contribution in [0.3, 0.4) is 0 Å². The number of hydrogen-bond acceptors (Lipinski definition) is 2. The molecule has 0 saturated carbocycles. The van der Waals surface area contributed by atoms with E-state index in [1.54, 1.807) is 11.3 Å². The van der Waals surface area contributed by atoms with Crippen molar-refractivity contribution in [1.29, 1.82) is 0 Å². The molecule has 0 bridgehead atoms. The van der Waals surface area contributed by atoms with Crippen LogP contribution in [0.5, 0.6) is 0 Å². The van der Waals surface area contributed by atoms with Crippen molar-refractivity contribution < 1.29 is 4.79 Å². The van der Waals surface area contributed by atoms with E-state index in [4.69, 9.17) is 0 Å². The third kappa shape index (κ3) is 2.60. The van der Waals surface area contributed by atoms with Gasteiger partial charge >= 0.3 is 0 Å². The standard InChI is InChI=1S/C15H14BrNOS/c16-14-9-12(10-19-14)15(18)17-8-4-3-6-11-5-1-2-7-13(11)17/h1-2,5,7,9-10H,3-4,6,8H2. The Morgan fingerprint density at radius 1 is 1.26 bits per heavy atom. The largest absolute Gasteiger partial charge is 0.308 e. The lowest BCUT2D eigenvalue weighted by atomic mass is 10.1. The first-order valence-corrected chi connectivity index (χ1v) is 8.07. The van der Waals surface area contributed by atoms with E-state index in [1.165, 1.54) is 5.56 Å². The topological polar surface area (TPSA) is 20.3 Å². The molecule has 0 N–H and O–H groups in total. The zero-order valence-corrected chi connectivity index (χ0v) is 12.8. The number of halogens is 1. The Bertz CT molecular complexity index is 608. The number of nitrogens with zero attached hydrogens (tertiary/aromatic N) is 1. The summed E-state index contributed by atoms with van der Waals surface area (Å²) in [6.07, 6.45) is 3.27. The lowest BCUT2D eigenvalue weighted by molar-refractivity contribution is 0.0987. The number of thiophene rings is 1. The van der Waals surface area contributed by atoms with E-state index in [2.05, 4.69) is 28.1 Å². The van der Waals surface area contributed by atoms with Crippen molar-refractivity contribution in [3.8, 4) is 0 Å². The molecular weight excluding hydrogens is 322 g/mol. The summed E-state index contributed by atoms with van der Waals surface area (Å²) >= 11 is 4.97. The van der Waals surface area contributed by atoms with Crippen LogP contribution in [-0.2, 0) is 6.42 Å². The molecule has 0 fully saturated rings. The Balaban J connectivity index is 1.98. The average molecular weight is 336 g/mol. The van der Waals surface area contributed by atoms with Gasteiger partial charge in [0.2, 0.25) is 0 Å². The van der Waals surface area contributed by atoms with Crippen LogP contribution in [0.2, 0.25) is 0 Å². The third-order valence-electron chi connectivity index (χ3n) is 3.42. The van der Waals surface area contributed by atoms with E-state index in [0.29, 0.717) is 0 Å². The van der Waals surface area contributed by atoms with Gasteiger partial charge in [0.1, 0.15) is 0 Å². The van der Waals surface area contributed by atoms with Gasteiger partial charge in [0.25, 0.3) is 5.91 Å². The molecule has 0 saturated heterocycles. The predicted molar refractivity (Wildman–Crippen MR) is 83.1 cm³/mol. The van der Waals surface area contributed by atoms with Crippen molar-refractivity contribution >= 4 is 38.9 Å². The van der Waals surface area contributed by atoms with Crippen molar-refractivity contribution in [2.75, 3.05) is 11.4 Å². The number of rotatable bonds is 1. The van der Waals surface area contributed by atoms with Crippen LogP contribution in [0.1, 0.15) is 28.8 Å². The predicted octanol–water partition coefficient (Wildman–Crippen LogP) is 4.49. The number of hydrogen-bond donors (Lipinski definition) is 0. The maximum absolute atomic E-state index is 12.6. The van der Waals surface area contributed by atoms with Crippen LogP contribution < -0.4 is 4.90 Å². The summed E-state index contributed by atoms with van der Waals surface area (Å²) in [4.78, 5) is 14.6. The molecule has 2 heterocycles. The van der Waals surface area contributed by atoms with Gasteiger partial charge in [0.05, 0.1) is 9.35 Å². The number of para-hydroxylation sites is 1. The highest BCUT2D eigenvalue weighted by atomic mass is 79.9. The van der Waals surface area contributed by atoms with Gasteiger partial charge in [-0.3, -0.25) is 4.79 Å². The maximum atomic E-state index is 12.6. The van der Waals surface area contributed by atoms with Gasteiger partial charge in [0, 0.05) is 17.6 Å². The minimum absolute atomic E-state index is 0.108. The van der Waals surface area contributed by atoms with Gasteiger partial charge < -0.3 is 4.90 Å². The SMILES string of the molecule is O=C(c1csc(Br)c1)N1CCCCc2ccccc21. The highest BCUT2D eigenvalue weighted by Crippen LogP contribution is 2.29. The zero-order valence-electron chi connectivity index (χ0n) is 10.4. The maximum Gasteiger partial charge on any atom is 0.259 e. The molecular formula is C15H14BrNOS. The third-order valence-corrected chi connectivity index (χ3v) is 4.92. The molecule has 4 heteroatoms. The highest BCUT2D eigenvalue weighted by molar-refractivity contribution is 9.11. The second kappa shape index (κ2) is 5.47. The molecule has 0 spiro atoms. The molecule has 3 rings (SSSR count). The highest BCUT2D eigenvalue weighted by Gasteiger charge is 2.22. The summed E-state index contributed by atoms with van der Waals surface area (Å²) in [7, 11) is 0. The van der Waals surface area contributed by atoms with Crippen molar-refractivity contribution in [3.63, 3.8) is 0 Å². The fourth-order valence-corrected chi connectivity index (χ4v) is 3.61. The van der Waals surface area contributed by atoms with Gasteiger partial charge in [0.15, 0.2) is 0 Å². The molecule has 1 aromatic carbocycles. The molecule has 2 nitrogen and oxygen atoms in total. The summed E-state index contributed by atoms with van der Waals surface area (Å²) in [6.45, 7) is 0.809. The fourth-order valence-electron chi connectivity index (χ4n) is 2.48. The Labute approximate surface area is 125 Å². The summed E-state index contributed by atoms with van der Waals surface area (Å²) in [5.41, 5.74) is 3.13. The summed E-state index contributed by atoms with van der Waals surface area (Å²) < 4.78 is 0.999. The average Bonchev–Trinajstić information content (AvgIpc) is 2.74. The van der Waals surface area contributed by atoms with Crippen LogP contribution >= 0.6 is 27.3 Å². The Morgan fingerprint density at radius 3 is 2.89 bits per heavy atom. The molecule has 0 unspecified atom stereocenters. The summed E-state index contributed by atoms with van der Waals surface area (Å²) in [6, 6.07) is 10.1. The van der Waals surface area contributed by atoms with E-state index in [-0.39, 0.29) is 5.91 Å². The number of anilines is 1. The van der Waals surface area contributed by atoms with E-state index in [1.807, 2.05) is 28.5 Å². The number of fused-ring (bicyclic) bond motifs is 1. The number of amides is 1. The molecule has 98 valence electrons. The Kier molecular flexibility index (Phi) is 3.71. The minimum Gasteiger partial charge on any atom is -0.308 e. The van der Waals surface area contributed by atoms with Crippen LogP contribution in [0.4, 0.5) is 5.69 Å². The first-order chi connectivity index (χ1) is 9.25. The van der Waals surface area contributed by atoms with Crippen LogP contribution in [0, 0.1) is 0 Å². The number of aryl methyl sites for hydroxylation is 1. The van der Waals surface area contributed by atoms with Gasteiger partial charge in [-0.1, -0.05) is 18.2 Å². The smallest absolute Gasteiger partial charge is 0.259 e. The first-order valence-electron chi connectivity index (χ1n) is 6.39. The van der Waals surface area contributed by atoms with Crippen molar-refractivity contribution in [2.45, 2.75) is 19.3 Å². The molecule has 1 aromatic heterocycles. The molecule has 19 heavy (non-hydrogen) atoms. The second-order valence-electron chi connectivity index (χ2n) is 4.68. The molecule has 0 radical (unpaired) electrons. The van der Waals surface area contributed by atoms with E-state index < -0.39 is 0 Å². The molecule has 1 aliphatic heterocycles. The van der Waals surface area contributed by atoms with Crippen LogP contribution in [0.15, 0.2) is 39.5 Å². The molecule has 1 aliphatic rings. The van der Waals surface area contributed by atoms with Gasteiger partial charge in [-0.05, 0) is 52.9 Å². The Morgan fingerprint density at radius 2 is 2.11 bits per heavy atom. The van der Waals surface area contributed by atoms with E-state index >= 15 is 0 Å². The Hall–Kier alpha value is -1.13. The van der Waals surface area contributed by atoms with Crippen molar-refractivity contribution in [3.05, 3.63) is 50.6 Å². The van der Waals surface area contributed by atoms with Crippen molar-refractivity contribution in [1.82, 2.24) is 0 Å². The fraction of sp³-hybridized carbons (Fsp3) is 0.267. The molecule has 1 amide bonds. The molecule has 0 aliphatic carbocycles. The quantitative estimate of drug-likeness (QED) is 0.751. The van der Waals surface area contributed by atoms with E-state index in [9.17, 15) is 4.79 Å². The van der Waals surface area contributed by atoms with Crippen LogP contribution in [0.25, 0.3) is 0 Å². The lowest BCUT2D eigenvalue weighted by Gasteiger charge is -2.22. The van der Waals surface area contributed by atoms with E-state index in [0.717, 1.165) is 40.8 Å². The zero-order chi connectivity index (χ0) is 13.2. The lowest BCUT2D eigenvalue weighted by Crippen LogP contribution is -2.31. The van der Waals surface area contributed by atoms with Crippen molar-refractivity contribution in [2.24, 2.45) is 0 Å². The van der Waals surface area contributed by atoms with Gasteiger partial charge in [-0.2, -0.15) is 0 Å². The monoisotopic (exact) mass is 335 g/mol. The summed E-state index contributed by atoms with van der Waals surface area (Å²) in [5.74, 6) is 0.108. The normalized spacial score (nSPS) is 14.9. The molecule has 2 aromatic rings. The first kappa shape index (κ1) is 12.9. The molecule has 0 atom stereocenters. The number of carbonyl (C=O) groups is 1. The summed E-state index contributed by atoms with van der Waals surface area (Å²) in [5, 5.41) is 1.92.